The van der Waals surface area contributed by atoms with Gasteiger partial charge in [0.1, 0.15) is 5.78 Å². The zero-order valence-electron chi connectivity index (χ0n) is 12.5. The highest BCUT2D eigenvalue weighted by Crippen LogP contribution is 2.17. The van der Waals surface area contributed by atoms with Crippen molar-refractivity contribution in [1.29, 1.82) is 0 Å². The topological polar surface area (TPSA) is 32.7 Å². The summed E-state index contributed by atoms with van der Waals surface area (Å²) in [6.45, 7) is 16.1. The van der Waals surface area contributed by atoms with Crippen LogP contribution in [0.5, 0.6) is 0 Å². The summed E-state index contributed by atoms with van der Waals surface area (Å²) in [6.07, 6.45) is 0.632. The summed E-state index contributed by atoms with van der Waals surface area (Å²) < 4.78 is 0. The van der Waals surface area contributed by atoms with Crippen molar-refractivity contribution in [2.75, 3.05) is 13.1 Å². The van der Waals surface area contributed by atoms with Crippen LogP contribution in [0.2, 0.25) is 0 Å². The normalized spacial score (nSPS) is 15.2. The van der Waals surface area contributed by atoms with E-state index in [1.807, 2.05) is 27.7 Å². The molecule has 0 aromatic heterocycles. The van der Waals surface area contributed by atoms with E-state index in [9.17, 15) is 4.79 Å². The van der Waals surface area contributed by atoms with Crippen LogP contribution in [0, 0.1) is 5.41 Å². The van der Waals surface area contributed by atoms with Crippen LogP contribution in [0.4, 0.5) is 0 Å². The van der Waals surface area contributed by atoms with Crippen LogP contribution in [0.1, 0.15) is 54.9 Å². The maximum Gasteiger partial charge on any atom is 0.143 e. The fraction of sp³-hybridized carbons (Fsp3) is 0.857. The molecule has 100 valence electrons. The van der Waals surface area contributed by atoms with Gasteiger partial charge in [-0.15, -0.1) is 0 Å². The second-order valence-corrected chi connectivity index (χ2v) is 5.57. The van der Waals surface area contributed by atoms with E-state index in [4.69, 9.17) is 0 Å². The molecular weight excluding hydrogens is 212 g/mol. The summed E-state index contributed by atoms with van der Waals surface area (Å²) in [6, 6.07) is 0. The average molecular weight is 240 g/mol. The second kappa shape index (κ2) is 6.90. The van der Waals surface area contributed by atoms with Crippen molar-refractivity contribution in [2.45, 2.75) is 61.1 Å². The zero-order chi connectivity index (χ0) is 13.6. The highest BCUT2D eigenvalue weighted by molar-refractivity contribution is 6.02. The molecule has 0 aliphatic carbocycles. The van der Waals surface area contributed by atoms with E-state index in [1.54, 1.807) is 0 Å². The molecule has 0 N–H and O–H groups in total. The van der Waals surface area contributed by atoms with E-state index in [-0.39, 0.29) is 17.4 Å². The molecule has 0 saturated carbocycles. The van der Waals surface area contributed by atoms with Gasteiger partial charge in [-0.3, -0.25) is 14.7 Å². The quantitative estimate of drug-likeness (QED) is 0.668. The van der Waals surface area contributed by atoms with Crippen molar-refractivity contribution in [3.8, 4) is 0 Å². The third kappa shape index (κ3) is 5.97. The smallest absolute Gasteiger partial charge is 0.143 e. The van der Waals surface area contributed by atoms with Gasteiger partial charge in [-0.25, -0.2) is 0 Å². The predicted molar refractivity (Wildman–Crippen MR) is 74.6 cm³/mol. The Morgan fingerprint density at radius 2 is 1.71 bits per heavy atom. The number of carbonyl (C=O) groups is 1. The van der Waals surface area contributed by atoms with E-state index in [1.165, 1.54) is 0 Å². The number of hydrogen-bond donors (Lipinski definition) is 0. The summed E-state index contributed by atoms with van der Waals surface area (Å²) in [5.41, 5.74) is 0.666. The number of hydrogen-bond acceptors (Lipinski definition) is 3. The van der Waals surface area contributed by atoms with Gasteiger partial charge in [0.05, 0.1) is 6.17 Å². The summed E-state index contributed by atoms with van der Waals surface area (Å²) in [5, 5.41) is 0. The fourth-order valence-corrected chi connectivity index (χ4v) is 1.70. The van der Waals surface area contributed by atoms with Crippen LogP contribution in [-0.2, 0) is 4.79 Å². The van der Waals surface area contributed by atoms with Crippen molar-refractivity contribution >= 4 is 11.5 Å². The third-order valence-electron chi connectivity index (χ3n) is 3.00. The molecule has 0 aliphatic rings. The molecule has 0 radical (unpaired) electrons. The first kappa shape index (κ1) is 16.3. The minimum absolute atomic E-state index is 0.165. The highest BCUT2D eigenvalue weighted by atomic mass is 16.1. The lowest BCUT2D eigenvalue weighted by Crippen LogP contribution is -2.32. The van der Waals surface area contributed by atoms with Crippen LogP contribution < -0.4 is 0 Å². The molecule has 1 atom stereocenters. The van der Waals surface area contributed by atoms with Gasteiger partial charge in [0.15, 0.2) is 0 Å². The third-order valence-corrected chi connectivity index (χ3v) is 3.00. The first-order valence-electron chi connectivity index (χ1n) is 6.53. The average Bonchev–Trinajstić information content (AvgIpc) is 2.17. The Morgan fingerprint density at radius 3 is 2.06 bits per heavy atom. The monoisotopic (exact) mass is 240 g/mol. The molecule has 0 rings (SSSR count). The number of carbonyl (C=O) groups excluding carboxylic acids is 1. The number of nitrogens with zero attached hydrogens (tertiary/aromatic N) is 2. The first-order valence-corrected chi connectivity index (χ1v) is 6.53. The molecule has 0 heterocycles. The van der Waals surface area contributed by atoms with Crippen LogP contribution in [0.15, 0.2) is 4.99 Å². The second-order valence-electron chi connectivity index (χ2n) is 5.57. The van der Waals surface area contributed by atoms with Crippen molar-refractivity contribution in [3.63, 3.8) is 0 Å². The molecule has 0 spiro atoms. The van der Waals surface area contributed by atoms with E-state index in [0.717, 1.165) is 18.8 Å². The Labute approximate surface area is 106 Å². The highest BCUT2D eigenvalue weighted by Gasteiger charge is 2.21. The summed E-state index contributed by atoms with van der Waals surface area (Å²) in [7, 11) is 0. The molecule has 0 aromatic carbocycles. The van der Waals surface area contributed by atoms with Gasteiger partial charge in [-0.05, 0) is 26.9 Å². The van der Waals surface area contributed by atoms with Gasteiger partial charge in [-0.2, -0.15) is 0 Å². The van der Waals surface area contributed by atoms with E-state index >= 15 is 0 Å². The number of rotatable bonds is 6. The van der Waals surface area contributed by atoms with Crippen molar-refractivity contribution < 1.29 is 4.79 Å². The van der Waals surface area contributed by atoms with Gasteiger partial charge >= 0.3 is 0 Å². The summed E-state index contributed by atoms with van der Waals surface area (Å²) >= 11 is 0. The molecule has 0 bridgehead atoms. The number of Topliss-reactive ketones (excluding diaryl/α,β-unsaturated/α-hetero) is 1. The van der Waals surface area contributed by atoms with Crippen molar-refractivity contribution in [1.82, 2.24) is 4.90 Å². The Morgan fingerprint density at radius 1 is 1.24 bits per heavy atom. The van der Waals surface area contributed by atoms with Crippen LogP contribution >= 0.6 is 0 Å². The van der Waals surface area contributed by atoms with Gasteiger partial charge in [0, 0.05) is 17.5 Å². The minimum atomic E-state index is -0.269. The lowest BCUT2D eigenvalue weighted by Gasteiger charge is -2.24. The Bertz CT molecular complexity index is 272. The SMILES string of the molecule is CCN(CC)C(C)N=C(C)CC(=O)C(C)(C)C. The molecule has 3 nitrogen and oxygen atoms in total. The Balaban J connectivity index is 4.50. The van der Waals surface area contributed by atoms with E-state index in [0.29, 0.717) is 6.42 Å². The molecule has 1 unspecified atom stereocenters. The molecule has 0 amide bonds. The number of aliphatic imine (C=N–C) groups is 1. The van der Waals surface area contributed by atoms with Crippen molar-refractivity contribution in [3.05, 3.63) is 0 Å². The van der Waals surface area contributed by atoms with E-state index in [2.05, 4.69) is 30.7 Å². The van der Waals surface area contributed by atoms with Gasteiger partial charge in [0.25, 0.3) is 0 Å². The Kier molecular flexibility index (Phi) is 6.61. The standard InChI is InChI=1S/C14H28N2O/c1-8-16(9-2)12(4)15-11(3)10-13(17)14(5,6)7/h12H,8-10H2,1-7H3. The van der Waals surface area contributed by atoms with Crippen LogP contribution in [0.25, 0.3) is 0 Å². The number of ketones is 1. The van der Waals surface area contributed by atoms with Crippen LogP contribution in [0.3, 0.4) is 0 Å². The first-order chi connectivity index (χ1) is 7.72. The molecule has 0 aliphatic heterocycles. The van der Waals surface area contributed by atoms with Crippen molar-refractivity contribution in [2.24, 2.45) is 10.4 Å². The molecular formula is C14H28N2O. The van der Waals surface area contributed by atoms with Gasteiger partial charge in [0.2, 0.25) is 0 Å². The predicted octanol–water partition coefficient (Wildman–Crippen LogP) is 3.14. The summed E-state index contributed by atoms with van der Waals surface area (Å²) in [5.74, 6) is 0.255. The van der Waals surface area contributed by atoms with Gasteiger partial charge < -0.3 is 0 Å². The maximum atomic E-state index is 11.9. The minimum Gasteiger partial charge on any atom is -0.299 e. The lowest BCUT2D eigenvalue weighted by atomic mass is 9.88. The van der Waals surface area contributed by atoms with E-state index < -0.39 is 0 Å². The molecule has 3 heteroatoms. The zero-order valence-corrected chi connectivity index (χ0v) is 12.5. The summed E-state index contributed by atoms with van der Waals surface area (Å²) in [4.78, 5) is 18.7. The molecule has 17 heavy (non-hydrogen) atoms. The fourth-order valence-electron chi connectivity index (χ4n) is 1.70. The Hall–Kier alpha value is -0.700. The van der Waals surface area contributed by atoms with Crippen LogP contribution in [-0.4, -0.2) is 35.7 Å². The molecule has 0 fully saturated rings. The van der Waals surface area contributed by atoms with Gasteiger partial charge in [-0.1, -0.05) is 34.6 Å². The maximum absolute atomic E-state index is 11.9. The molecule has 0 saturated heterocycles. The lowest BCUT2D eigenvalue weighted by molar-refractivity contribution is -0.125. The molecule has 0 aromatic rings. The largest absolute Gasteiger partial charge is 0.299 e.